The van der Waals surface area contributed by atoms with Crippen molar-refractivity contribution in [2.45, 2.75) is 52.5 Å². The van der Waals surface area contributed by atoms with Gasteiger partial charge in [-0.3, -0.25) is 0 Å². The second kappa shape index (κ2) is 12.6. The Morgan fingerprint density at radius 1 is 1.18 bits per heavy atom. The standard InChI is InChI=1S/C20H38N6O.HI/c1-6-21-19(24-16-18-23-15-17(27-18)20(2,3)4)22-9-7-8-10-26-13-11-25(5)12-14-26;/h15H,6-14,16H2,1-5H3,(H2,21,22,24);1H. The Kier molecular flexibility index (Phi) is 11.4. The van der Waals surface area contributed by atoms with E-state index in [-0.39, 0.29) is 29.4 Å². The SMILES string of the molecule is CCNC(=NCc1ncc(C(C)(C)C)o1)NCCCCN1CCN(C)CC1.I. The highest BCUT2D eigenvalue weighted by atomic mass is 127. The van der Waals surface area contributed by atoms with Crippen molar-refractivity contribution in [3.63, 3.8) is 0 Å². The van der Waals surface area contributed by atoms with Crippen molar-refractivity contribution in [1.82, 2.24) is 25.4 Å². The van der Waals surface area contributed by atoms with Crippen molar-refractivity contribution in [3.8, 4) is 0 Å². The van der Waals surface area contributed by atoms with E-state index in [4.69, 9.17) is 4.42 Å². The van der Waals surface area contributed by atoms with Crippen molar-refractivity contribution in [2.24, 2.45) is 4.99 Å². The smallest absolute Gasteiger partial charge is 0.216 e. The summed E-state index contributed by atoms with van der Waals surface area (Å²) in [5.41, 5.74) is -0.0263. The maximum absolute atomic E-state index is 5.81. The Morgan fingerprint density at radius 2 is 1.89 bits per heavy atom. The first kappa shape index (κ1) is 25.2. The molecule has 0 bridgehead atoms. The Morgan fingerprint density at radius 3 is 2.50 bits per heavy atom. The number of nitrogens with one attached hydrogen (secondary N) is 2. The summed E-state index contributed by atoms with van der Waals surface area (Å²) < 4.78 is 5.81. The molecule has 1 aromatic heterocycles. The van der Waals surface area contributed by atoms with Gasteiger partial charge in [-0.1, -0.05) is 20.8 Å². The van der Waals surface area contributed by atoms with Crippen LogP contribution < -0.4 is 10.6 Å². The normalized spacial score (nSPS) is 16.7. The number of piperazine rings is 1. The molecule has 0 radical (unpaired) electrons. The average molecular weight is 506 g/mol. The van der Waals surface area contributed by atoms with Gasteiger partial charge in [0.25, 0.3) is 0 Å². The minimum absolute atomic E-state index is 0. The third-order valence-electron chi connectivity index (χ3n) is 4.80. The van der Waals surface area contributed by atoms with E-state index in [0.717, 1.165) is 31.2 Å². The van der Waals surface area contributed by atoms with E-state index in [9.17, 15) is 0 Å². The first-order valence-corrected chi connectivity index (χ1v) is 10.3. The zero-order valence-corrected chi connectivity index (χ0v) is 20.6. The molecule has 1 aliphatic rings. The van der Waals surface area contributed by atoms with Crippen molar-refractivity contribution in [2.75, 3.05) is 52.9 Å². The number of aliphatic imine (C=N–C) groups is 1. The molecule has 0 unspecified atom stereocenters. The van der Waals surface area contributed by atoms with E-state index in [1.165, 1.54) is 39.1 Å². The summed E-state index contributed by atoms with van der Waals surface area (Å²) in [6, 6.07) is 0. The molecule has 2 N–H and O–H groups in total. The second-order valence-electron chi connectivity index (χ2n) is 8.34. The zero-order valence-electron chi connectivity index (χ0n) is 18.3. The number of hydrogen-bond donors (Lipinski definition) is 2. The van der Waals surface area contributed by atoms with Crippen LogP contribution in [0.5, 0.6) is 0 Å². The van der Waals surface area contributed by atoms with Crippen LogP contribution in [-0.2, 0) is 12.0 Å². The van der Waals surface area contributed by atoms with E-state index in [1.807, 2.05) is 6.20 Å². The van der Waals surface area contributed by atoms with Crippen LogP contribution in [0, 0.1) is 0 Å². The molecule has 28 heavy (non-hydrogen) atoms. The van der Waals surface area contributed by atoms with Gasteiger partial charge in [0.05, 0.1) is 6.20 Å². The van der Waals surface area contributed by atoms with Crippen LogP contribution >= 0.6 is 24.0 Å². The number of nitrogens with zero attached hydrogens (tertiary/aromatic N) is 4. The first-order valence-electron chi connectivity index (χ1n) is 10.3. The van der Waals surface area contributed by atoms with Crippen LogP contribution in [0.2, 0.25) is 0 Å². The van der Waals surface area contributed by atoms with Crippen LogP contribution in [-0.4, -0.2) is 73.6 Å². The van der Waals surface area contributed by atoms with Gasteiger partial charge in [-0.15, -0.1) is 24.0 Å². The predicted molar refractivity (Wildman–Crippen MR) is 127 cm³/mol. The van der Waals surface area contributed by atoms with Gasteiger partial charge >= 0.3 is 0 Å². The first-order chi connectivity index (χ1) is 12.9. The number of oxazole rings is 1. The Balaban J connectivity index is 0.00000392. The predicted octanol–water partition coefficient (Wildman–Crippen LogP) is 2.67. The van der Waals surface area contributed by atoms with Gasteiger partial charge < -0.3 is 24.9 Å². The Labute approximate surface area is 187 Å². The number of unbranched alkanes of at least 4 members (excludes halogenated alkanes) is 1. The summed E-state index contributed by atoms with van der Waals surface area (Å²) in [6.45, 7) is 16.6. The molecule has 1 fully saturated rings. The molecule has 0 amide bonds. The molecule has 7 nitrogen and oxygen atoms in total. The highest BCUT2D eigenvalue weighted by molar-refractivity contribution is 14.0. The van der Waals surface area contributed by atoms with Gasteiger partial charge in [0, 0.05) is 44.7 Å². The highest BCUT2D eigenvalue weighted by Crippen LogP contribution is 2.22. The molecule has 2 heterocycles. The molecule has 0 aliphatic carbocycles. The molecule has 162 valence electrons. The molecule has 0 aromatic carbocycles. The van der Waals surface area contributed by atoms with E-state index in [1.54, 1.807) is 0 Å². The number of guanidine groups is 1. The Bertz CT molecular complexity index is 575. The van der Waals surface area contributed by atoms with Crippen molar-refractivity contribution in [3.05, 3.63) is 17.8 Å². The fraction of sp³-hybridized carbons (Fsp3) is 0.800. The van der Waals surface area contributed by atoms with Gasteiger partial charge in [-0.2, -0.15) is 0 Å². The monoisotopic (exact) mass is 506 g/mol. The maximum Gasteiger partial charge on any atom is 0.216 e. The molecule has 1 aliphatic heterocycles. The van der Waals surface area contributed by atoms with Crippen LogP contribution in [0.4, 0.5) is 0 Å². The van der Waals surface area contributed by atoms with Crippen LogP contribution in [0.25, 0.3) is 0 Å². The van der Waals surface area contributed by atoms with Gasteiger partial charge in [0.15, 0.2) is 5.96 Å². The number of hydrogen-bond acceptors (Lipinski definition) is 5. The summed E-state index contributed by atoms with van der Waals surface area (Å²) in [5.74, 6) is 2.38. The lowest BCUT2D eigenvalue weighted by Crippen LogP contribution is -2.44. The Hall–Kier alpha value is -0.870. The average Bonchev–Trinajstić information content (AvgIpc) is 3.10. The summed E-state index contributed by atoms with van der Waals surface area (Å²) in [7, 11) is 2.20. The fourth-order valence-electron chi connectivity index (χ4n) is 2.96. The molecule has 1 aromatic rings. The molecule has 8 heteroatoms. The minimum Gasteiger partial charge on any atom is -0.443 e. The van der Waals surface area contributed by atoms with Crippen molar-refractivity contribution in [1.29, 1.82) is 0 Å². The van der Waals surface area contributed by atoms with Gasteiger partial charge in [-0.05, 0) is 33.4 Å². The summed E-state index contributed by atoms with van der Waals surface area (Å²) >= 11 is 0. The lowest BCUT2D eigenvalue weighted by atomic mass is 9.94. The summed E-state index contributed by atoms with van der Waals surface area (Å²) in [5, 5.41) is 6.70. The van der Waals surface area contributed by atoms with Crippen LogP contribution in [0.1, 0.15) is 52.2 Å². The lowest BCUT2D eigenvalue weighted by Gasteiger charge is -2.32. The number of rotatable bonds is 8. The molecule has 0 atom stereocenters. The van der Waals surface area contributed by atoms with Crippen LogP contribution in [0.3, 0.4) is 0 Å². The third kappa shape index (κ3) is 9.09. The van der Waals surface area contributed by atoms with E-state index < -0.39 is 0 Å². The highest BCUT2D eigenvalue weighted by Gasteiger charge is 2.19. The topological polar surface area (TPSA) is 68.9 Å². The number of likely N-dealkylation sites (N-methyl/N-ethyl adjacent to an activating group) is 1. The van der Waals surface area contributed by atoms with Crippen molar-refractivity contribution < 1.29 is 4.42 Å². The van der Waals surface area contributed by atoms with E-state index >= 15 is 0 Å². The van der Waals surface area contributed by atoms with Crippen LogP contribution in [0.15, 0.2) is 15.6 Å². The molecular formula is C20H39IN6O. The molecule has 1 saturated heterocycles. The minimum atomic E-state index is -0.0263. The summed E-state index contributed by atoms with van der Waals surface area (Å²) in [6.07, 6.45) is 4.16. The number of halogens is 1. The molecule has 2 rings (SSSR count). The van der Waals surface area contributed by atoms with Gasteiger partial charge in [0.1, 0.15) is 12.3 Å². The molecule has 0 saturated carbocycles. The quantitative estimate of drug-likeness (QED) is 0.245. The molecular weight excluding hydrogens is 467 g/mol. The number of aromatic nitrogens is 1. The fourth-order valence-corrected chi connectivity index (χ4v) is 2.96. The van der Waals surface area contributed by atoms with Gasteiger partial charge in [0.2, 0.25) is 5.89 Å². The lowest BCUT2D eigenvalue weighted by molar-refractivity contribution is 0.152. The third-order valence-corrected chi connectivity index (χ3v) is 4.80. The maximum atomic E-state index is 5.81. The zero-order chi connectivity index (χ0) is 19.7. The largest absolute Gasteiger partial charge is 0.443 e. The summed E-state index contributed by atoms with van der Waals surface area (Å²) in [4.78, 5) is 13.9. The van der Waals surface area contributed by atoms with E-state index in [0.29, 0.717) is 12.4 Å². The van der Waals surface area contributed by atoms with Gasteiger partial charge in [-0.25, -0.2) is 9.98 Å². The van der Waals surface area contributed by atoms with E-state index in [2.05, 4.69) is 65.2 Å². The molecule has 0 spiro atoms. The second-order valence-corrected chi connectivity index (χ2v) is 8.34. The van der Waals surface area contributed by atoms with Crippen molar-refractivity contribution >= 4 is 29.9 Å².